The first-order valence-electron chi connectivity index (χ1n) is 8.93. The van der Waals surface area contributed by atoms with Crippen molar-refractivity contribution in [1.29, 1.82) is 0 Å². The molecule has 4 nitrogen and oxygen atoms in total. The van der Waals surface area contributed by atoms with Crippen LogP contribution in [0, 0.1) is 11.3 Å². The fourth-order valence-electron chi connectivity index (χ4n) is 4.48. The van der Waals surface area contributed by atoms with Crippen molar-refractivity contribution in [2.45, 2.75) is 45.1 Å². The largest absolute Gasteiger partial charge is 0.340 e. The molecule has 1 amide bonds. The molecule has 23 heavy (non-hydrogen) atoms. The van der Waals surface area contributed by atoms with Gasteiger partial charge in [0.2, 0.25) is 5.91 Å². The standard InChI is InChI=1S/C19H23N3O/c1-2-19-9-14(19)10-21(12-19)17(23)11-22-16-6-4-3-5-15(16)20-18(22)13-7-8-13/h3-6,13-14H,2,7-12H2,1H3. The van der Waals surface area contributed by atoms with Gasteiger partial charge in [-0.2, -0.15) is 0 Å². The Hall–Kier alpha value is -1.84. The first-order chi connectivity index (χ1) is 11.2. The zero-order valence-electron chi connectivity index (χ0n) is 13.7. The average molecular weight is 309 g/mol. The lowest BCUT2D eigenvalue weighted by Gasteiger charge is -2.21. The number of amides is 1. The van der Waals surface area contributed by atoms with Crippen LogP contribution in [-0.4, -0.2) is 33.4 Å². The summed E-state index contributed by atoms with van der Waals surface area (Å²) >= 11 is 0. The number of para-hydroxylation sites is 2. The van der Waals surface area contributed by atoms with Gasteiger partial charge in [0.25, 0.3) is 0 Å². The number of likely N-dealkylation sites (tertiary alicyclic amines) is 1. The molecule has 2 aliphatic carbocycles. The highest BCUT2D eigenvalue weighted by Crippen LogP contribution is 2.59. The van der Waals surface area contributed by atoms with Crippen LogP contribution in [0.1, 0.15) is 44.3 Å². The molecular weight excluding hydrogens is 286 g/mol. The van der Waals surface area contributed by atoms with Crippen molar-refractivity contribution in [2.24, 2.45) is 11.3 Å². The van der Waals surface area contributed by atoms with Crippen molar-refractivity contribution in [3.05, 3.63) is 30.1 Å². The van der Waals surface area contributed by atoms with E-state index in [1.165, 1.54) is 25.7 Å². The fraction of sp³-hybridized carbons (Fsp3) is 0.579. The molecule has 1 saturated heterocycles. The summed E-state index contributed by atoms with van der Waals surface area (Å²) in [6, 6.07) is 8.21. The number of benzene rings is 1. The number of carbonyl (C=O) groups excluding carboxylic acids is 1. The first kappa shape index (κ1) is 13.6. The summed E-state index contributed by atoms with van der Waals surface area (Å²) in [7, 11) is 0. The minimum atomic E-state index is 0.273. The quantitative estimate of drug-likeness (QED) is 0.870. The molecular formula is C19H23N3O. The maximum atomic E-state index is 12.9. The molecule has 3 aliphatic rings. The summed E-state index contributed by atoms with van der Waals surface area (Å²) in [5.41, 5.74) is 2.60. The van der Waals surface area contributed by atoms with Crippen molar-refractivity contribution in [2.75, 3.05) is 13.1 Å². The summed E-state index contributed by atoms with van der Waals surface area (Å²) in [6.45, 7) is 4.66. The highest BCUT2D eigenvalue weighted by molar-refractivity contribution is 5.81. The van der Waals surface area contributed by atoms with Gasteiger partial charge in [-0.05, 0) is 49.1 Å². The molecule has 5 rings (SSSR count). The highest BCUT2D eigenvalue weighted by atomic mass is 16.2. The summed E-state index contributed by atoms with van der Waals surface area (Å²) in [5.74, 6) is 2.72. The minimum absolute atomic E-state index is 0.273. The van der Waals surface area contributed by atoms with E-state index in [2.05, 4.69) is 28.5 Å². The van der Waals surface area contributed by atoms with Gasteiger partial charge < -0.3 is 9.47 Å². The smallest absolute Gasteiger partial charge is 0.242 e. The maximum absolute atomic E-state index is 12.9. The minimum Gasteiger partial charge on any atom is -0.340 e. The zero-order chi connectivity index (χ0) is 15.6. The Bertz CT molecular complexity index is 787. The molecule has 2 atom stereocenters. The second-order valence-electron chi connectivity index (χ2n) is 7.71. The van der Waals surface area contributed by atoms with Crippen molar-refractivity contribution >= 4 is 16.9 Å². The third kappa shape index (κ3) is 2.03. The molecule has 2 unspecified atom stereocenters. The molecule has 1 aromatic heterocycles. The predicted octanol–water partition coefficient (Wildman–Crippen LogP) is 3.17. The number of hydrogen-bond acceptors (Lipinski definition) is 2. The number of carbonyl (C=O) groups is 1. The third-order valence-electron chi connectivity index (χ3n) is 6.28. The van der Waals surface area contributed by atoms with Gasteiger partial charge in [0.05, 0.1) is 11.0 Å². The molecule has 0 spiro atoms. The Labute approximate surface area is 136 Å². The second-order valence-corrected chi connectivity index (χ2v) is 7.71. The third-order valence-corrected chi connectivity index (χ3v) is 6.28. The Morgan fingerprint density at radius 1 is 1.35 bits per heavy atom. The van der Waals surface area contributed by atoms with Crippen molar-refractivity contribution in [1.82, 2.24) is 14.5 Å². The van der Waals surface area contributed by atoms with Gasteiger partial charge in [0, 0.05) is 19.0 Å². The van der Waals surface area contributed by atoms with E-state index in [9.17, 15) is 4.79 Å². The lowest BCUT2D eigenvalue weighted by Crippen LogP contribution is -2.34. The SMILES string of the molecule is CCC12CC1CN(C(=O)Cn1c(C3CC3)nc3ccccc31)C2. The Morgan fingerprint density at radius 2 is 2.17 bits per heavy atom. The lowest BCUT2D eigenvalue weighted by molar-refractivity contribution is -0.131. The van der Waals surface area contributed by atoms with Crippen molar-refractivity contribution in [3.63, 3.8) is 0 Å². The van der Waals surface area contributed by atoms with E-state index in [0.717, 1.165) is 35.9 Å². The fourth-order valence-corrected chi connectivity index (χ4v) is 4.48. The topological polar surface area (TPSA) is 38.1 Å². The van der Waals surface area contributed by atoms with Gasteiger partial charge in [-0.25, -0.2) is 4.98 Å². The molecule has 4 heteroatoms. The van der Waals surface area contributed by atoms with E-state index in [4.69, 9.17) is 4.98 Å². The average Bonchev–Trinajstić information content (AvgIpc) is 3.48. The van der Waals surface area contributed by atoms with E-state index in [0.29, 0.717) is 17.9 Å². The Morgan fingerprint density at radius 3 is 2.91 bits per heavy atom. The molecule has 3 fully saturated rings. The highest BCUT2D eigenvalue weighted by Gasteiger charge is 2.59. The zero-order valence-corrected chi connectivity index (χ0v) is 13.7. The van der Waals surface area contributed by atoms with Gasteiger partial charge >= 0.3 is 0 Å². The second kappa shape index (κ2) is 4.59. The number of rotatable bonds is 4. The molecule has 2 aromatic rings. The van der Waals surface area contributed by atoms with Crippen LogP contribution in [-0.2, 0) is 11.3 Å². The van der Waals surface area contributed by atoms with Crippen LogP contribution in [0.4, 0.5) is 0 Å². The number of imidazole rings is 1. The summed E-state index contributed by atoms with van der Waals surface area (Å²) in [6.07, 6.45) is 4.96. The van der Waals surface area contributed by atoms with Crippen molar-refractivity contribution < 1.29 is 4.79 Å². The molecule has 2 heterocycles. The van der Waals surface area contributed by atoms with E-state index in [1.807, 2.05) is 12.1 Å². The van der Waals surface area contributed by atoms with Crippen LogP contribution < -0.4 is 0 Å². The molecule has 0 radical (unpaired) electrons. The molecule has 1 aliphatic heterocycles. The van der Waals surface area contributed by atoms with Gasteiger partial charge in [0.1, 0.15) is 12.4 Å². The van der Waals surface area contributed by atoms with E-state index >= 15 is 0 Å². The van der Waals surface area contributed by atoms with E-state index in [-0.39, 0.29) is 5.91 Å². The molecule has 2 saturated carbocycles. The molecule has 0 bridgehead atoms. The van der Waals surface area contributed by atoms with Crippen LogP contribution in [0.25, 0.3) is 11.0 Å². The van der Waals surface area contributed by atoms with Crippen LogP contribution in [0.5, 0.6) is 0 Å². The predicted molar refractivity (Wildman–Crippen MR) is 89.1 cm³/mol. The van der Waals surface area contributed by atoms with Crippen LogP contribution >= 0.6 is 0 Å². The van der Waals surface area contributed by atoms with Crippen LogP contribution in [0.15, 0.2) is 24.3 Å². The van der Waals surface area contributed by atoms with Gasteiger partial charge in [0.15, 0.2) is 0 Å². The summed E-state index contributed by atoms with van der Waals surface area (Å²) in [5, 5.41) is 0. The molecule has 120 valence electrons. The lowest BCUT2D eigenvalue weighted by atomic mass is 10.0. The Kier molecular flexibility index (Phi) is 2.71. The van der Waals surface area contributed by atoms with Crippen molar-refractivity contribution in [3.8, 4) is 0 Å². The van der Waals surface area contributed by atoms with E-state index in [1.54, 1.807) is 0 Å². The number of piperidine rings is 1. The monoisotopic (exact) mass is 309 g/mol. The van der Waals surface area contributed by atoms with E-state index < -0.39 is 0 Å². The van der Waals surface area contributed by atoms with Gasteiger partial charge in [-0.15, -0.1) is 0 Å². The number of nitrogens with zero attached hydrogens (tertiary/aromatic N) is 3. The van der Waals surface area contributed by atoms with Gasteiger partial charge in [-0.1, -0.05) is 19.1 Å². The van der Waals surface area contributed by atoms with Crippen LogP contribution in [0.3, 0.4) is 0 Å². The number of hydrogen-bond donors (Lipinski definition) is 0. The normalized spacial score (nSPS) is 29.1. The molecule has 1 aromatic carbocycles. The maximum Gasteiger partial charge on any atom is 0.242 e. The molecule has 0 N–H and O–H groups in total. The van der Waals surface area contributed by atoms with Crippen LogP contribution in [0.2, 0.25) is 0 Å². The number of aromatic nitrogens is 2. The summed E-state index contributed by atoms with van der Waals surface area (Å²) < 4.78 is 2.18. The summed E-state index contributed by atoms with van der Waals surface area (Å²) in [4.78, 5) is 19.8. The van der Waals surface area contributed by atoms with Gasteiger partial charge in [-0.3, -0.25) is 4.79 Å². The Balaban J connectivity index is 1.43. The number of fused-ring (bicyclic) bond motifs is 2. The first-order valence-corrected chi connectivity index (χ1v) is 8.93.